The molecule has 4 rings (SSSR count). The molecule has 0 fully saturated rings. The lowest BCUT2D eigenvalue weighted by molar-refractivity contribution is 0.0683. The van der Waals surface area contributed by atoms with E-state index >= 15 is 0 Å². The van der Waals surface area contributed by atoms with Crippen LogP contribution in [0.15, 0.2) is 91.0 Å². The lowest BCUT2D eigenvalue weighted by Crippen LogP contribution is -2.13. The van der Waals surface area contributed by atoms with Gasteiger partial charge in [-0.3, -0.25) is 0 Å². The van der Waals surface area contributed by atoms with Crippen molar-refractivity contribution in [3.8, 4) is 11.5 Å². The third-order valence-corrected chi connectivity index (χ3v) is 4.34. The van der Waals surface area contributed by atoms with Crippen LogP contribution in [0.25, 0.3) is 10.8 Å². The minimum Gasteiger partial charge on any atom is -0.419 e. The average molecular weight is 386 g/mol. The number of rotatable bonds is 4. The van der Waals surface area contributed by atoms with Crippen molar-refractivity contribution in [3.05, 3.63) is 108 Å². The first-order valence-electron chi connectivity index (χ1n) is 8.88. The van der Waals surface area contributed by atoms with E-state index in [0.29, 0.717) is 5.56 Å². The van der Waals surface area contributed by atoms with Gasteiger partial charge < -0.3 is 9.47 Å². The van der Waals surface area contributed by atoms with E-state index in [2.05, 4.69) is 0 Å². The summed E-state index contributed by atoms with van der Waals surface area (Å²) in [6.07, 6.45) is 0. The Morgan fingerprint density at radius 2 is 1.21 bits per heavy atom. The van der Waals surface area contributed by atoms with E-state index in [1.807, 2.05) is 30.3 Å². The number of carbonyl (C=O) groups is 2. The summed E-state index contributed by atoms with van der Waals surface area (Å²) in [6.45, 7) is 0. The molecule has 4 nitrogen and oxygen atoms in total. The van der Waals surface area contributed by atoms with Gasteiger partial charge in [0.25, 0.3) is 0 Å². The number of ether oxygens (including phenoxy) is 2. The van der Waals surface area contributed by atoms with Crippen LogP contribution < -0.4 is 9.47 Å². The molecule has 5 heteroatoms. The summed E-state index contributed by atoms with van der Waals surface area (Å²) in [4.78, 5) is 25.1. The Balaban J connectivity index is 1.59. The van der Waals surface area contributed by atoms with Crippen LogP contribution in [0.3, 0.4) is 0 Å². The number of carbonyl (C=O) groups excluding carboxylic acids is 2. The SMILES string of the molecule is O=C(Oc1ccccc1OC(=O)c1cccc2ccccc12)c1ccc(F)cc1. The van der Waals surface area contributed by atoms with Gasteiger partial charge in [0, 0.05) is 0 Å². The summed E-state index contributed by atoms with van der Waals surface area (Å²) >= 11 is 0. The van der Waals surface area contributed by atoms with Crippen LogP contribution in [0.2, 0.25) is 0 Å². The fourth-order valence-electron chi connectivity index (χ4n) is 2.92. The Hall–Kier alpha value is -3.99. The number of hydrogen-bond donors (Lipinski definition) is 0. The Labute approximate surface area is 166 Å². The van der Waals surface area contributed by atoms with Crippen molar-refractivity contribution in [1.29, 1.82) is 0 Å². The zero-order valence-electron chi connectivity index (χ0n) is 15.2. The van der Waals surface area contributed by atoms with E-state index in [4.69, 9.17) is 9.47 Å². The molecule has 0 unspecified atom stereocenters. The van der Waals surface area contributed by atoms with E-state index in [1.54, 1.807) is 24.3 Å². The monoisotopic (exact) mass is 386 g/mol. The van der Waals surface area contributed by atoms with Gasteiger partial charge in [-0.15, -0.1) is 0 Å². The largest absolute Gasteiger partial charge is 0.419 e. The molecule has 0 N–H and O–H groups in total. The second kappa shape index (κ2) is 7.94. The second-order valence-corrected chi connectivity index (χ2v) is 6.26. The minimum atomic E-state index is -0.682. The molecule has 0 aliphatic rings. The maximum Gasteiger partial charge on any atom is 0.344 e. The predicted octanol–water partition coefficient (Wildman–Crippen LogP) is 5.42. The van der Waals surface area contributed by atoms with Crippen molar-refractivity contribution in [1.82, 2.24) is 0 Å². The van der Waals surface area contributed by atoms with Crippen LogP contribution in [0, 0.1) is 5.82 Å². The summed E-state index contributed by atoms with van der Waals surface area (Å²) < 4.78 is 23.9. The third kappa shape index (κ3) is 3.99. The first-order valence-corrected chi connectivity index (χ1v) is 8.88. The van der Waals surface area contributed by atoms with Gasteiger partial charge in [-0.25, -0.2) is 14.0 Å². The maximum absolute atomic E-state index is 13.0. The summed E-state index contributed by atoms with van der Waals surface area (Å²) in [7, 11) is 0. The molecule has 0 spiro atoms. The summed E-state index contributed by atoms with van der Waals surface area (Å²) in [5.74, 6) is -1.49. The molecular weight excluding hydrogens is 371 g/mol. The molecule has 0 aromatic heterocycles. The van der Waals surface area contributed by atoms with Gasteiger partial charge in [-0.2, -0.15) is 0 Å². The number of hydrogen-bond acceptors (Lipinski definition) is 4. The van der Waals surface area contributed by atoms with Crippen LogP contribution in [0.5, 0.6) is 11.5 Å². The van der Waals surface area contributed by atoms with Crippen LogP contribution in [0.1, 0.15) is 20.7 Å². The van der Waals surface area contributed by atoms with Crippen LogP contribution >= 0.6 is 0 Å². The van der Waals surface area contributed by atoms with Gasteiger partial charge in [0.2, 0.25) is 0 Å². The normalized spacial score (nSPS) is 10.5. The molecule has 4 aromatic carbocycles. The molecule has 0 saturated carbocycles. The lowest BCUT2D eigenvalue weighted by atomic mass is 10.0. The fourth-order valence-corrected chi connectivity index (χ4v) is 2.92. The highest BCUT2D eigenvalue weighted by atomic mass is 19.1. The van der Waals surface area contributed by atoms with Gasteiger partial charge >= 0.3 is 11.9 Å². The number of esters is 2. The molecule has 0 heterocycles. The Bertz CT molecular complexity index is 1190. The molecule has 0 atom stereocenters. The third-order valence-electron chi connectivity index (χ3n) is 4.34. The molecule has 0 saturated heterocycles. The lowest BCUT2D eigenvalue weighted by Gasteiger charge is -2.11. The van der Waals surface area contributed by atoms with Gasteiger partial charge in [0.15, 0.2) is 11.5 Å². The number of benzene rings is 4. The molecular formula is C24H15FO4. The van der Waals surface area contributed by atoms with Gasteiger partial charge in [0.1, 0.15) is 5.82 Å². The standard InChI is InChI=1S/C24H15FO4/c25-18-14-12-17(13-15-18)23(26)28-21-10-3-4-11-22(21)29-24(27)20-9-5-7-16-6-1-2-8-19(16)20/h1-15H. The van der Waals surface area contributed by atoms with Crippen molar-refractivity contribution in [2.24, 2.45) is 0 Å². The molecule has 29 heavy (non-hydrogen) atoms. The highest BCUT2D eigenvalue weighted by Gasteiger charge is 2.17. The van der Waals surface area contributed by atoms with Crippen molar-refractivity contribution >= 4 is 22.7 Å². The number of para-hydroxylation sites is 2. The average Bonchev–Trinajstić information content (AvgIpc) is 2.75. The van der Waals surface area contributed by atoms with Crippen molar-refractivity contribution in [2.45, 2.75) is 0 Å². The molecule has 4 aromatic rings. The van der Waals surface area contributed by atoms with Gasteiger partial charge in [0.05, 0.1) is 11.1 Å². The van der Waals surface area contributed by atoms with Crippen LogP contribution in [0.4, 0.5) is 4.39 Å². The maximum atomic E-state index is 13.0. The summed E-state index contributed by atoms with van der Waals surface area (Å²) in [5.41, 5.74) is 0.587. The van der Waals surface area contributed by atoms with Crippen molar-refractivity contribution in [3.63, 3.8) is 0 Å². The van der Waals surface area contributed by atoms with Crippen LogP contribution in [-0.2, 0) is 0 Å². The van der Waals surface area contributed by atoms with E-state index in [9.17, 15) is 14.0 Å². The summed E-state index contributed by atoms with van der Waals surface area (Å²) in [6, 6.07) is 24.2. The molecule has 0 bridgehead atoms. The van der Waals surface area contributed by atoms with Crippen LogP contribution in [-0.4, -0.2) is 11.9 Å². The molecule has 0 amide bonds. The smallest absolute Gasteiger partial charge is 0.344 e. The molecule has 142 valence electrons. The zero-order chi connectivity index (χ0) is 20.2. The minimum absolute atomic E-state index is 0.0930. The highest BCUT2D eigenvalue weighted by molar-refractivity contribution is 6.05. The molecule has 0 aliphatic carbocycles. The number of fused-ring (bicyclic) bond motifs is 1. The quantitative estimate of drug-likeness (QED) is 0.347. The van der Waals surface area contributed by atoms with E-state index in [1.165, 1.54) is 36.4 Å². The summed E-state index contributed by atoms with van der Waals surface area (Å²) in [5, 5.41) is 1.68. The van der Waals surface area contributed by atoms with Crippen molar-refractivity contribution < 1.29 is 23.5 Å². The first-order chi connectivity index (χ1) is 14.1. The topological polar surface area (TPSA) is 52.6 Å². The van der Waals surface area contributed by atoms with E-state index < -0.39 is 17.8 Å². The van der Waals surface area contributed by atoms with Crippen molar-refractivity contribution in [2.75, 3.05) is 0 Å². The molecule has 0 aliphatic heterocycles. The van der Waals surface area contributed by atoms with E-state index in [-0.39, 0.29) is 17.1 Å². The Morgan fingerprint density at radius 3 is 1.93 bits per heavy atom. The first kappa shape index (κ1) is 18.4. The zero-order valence-corrected chi connectivity index (χ0v) is 15.2. The molecule has 0 radical (unpaired) electrons. The Morgan fingerprint density at radius 1 is 0.621 bits per heavy atom. The van der Waals surface area contributed by atoms with Gasteiger partial charge in [-0.1, -0.05) is 48.5 Å². The van der Waals surface area contributed by atoms with E-state index in [0.717, 1.165) is 10.8 Å². The fraction of sp³-hybridized carbons (Fsp3) is 0. The Kier molecular flexibility index (Phi) is 5.03. The second-order valence-electron chi connectivity index (χ2n) is 6.26. The number of halogens is 1. The highest BCUT2D eigenvalue weighted by Crippen LogP contribution is 2.29. The predicted molar refractivity (Wildman–Crippen MR) is 107 cm³/mol. The van der Waals surface area contributed by atoms with Gasteiger partial charge in [-0.05, 0) is 53.2 Å².